The van der Waals surface area contributed by atoms with Crippen LogP contribution in [0.5, 0.6) is 5.75 Å². The molecule has 1 aromatic heterocycles. The first-order valence-electron chi connectivity index (χ1n) is 5.05. The number of hydrogen-bond donors (Lipinski definition) is 1. The summed E-state index contributed by atoms with van der Waals surface area (Å²) in [5.41, 5.74) is 1.42. The molecule has 0 unspecified atom stereocenters. The summed E-state index contributed by atoms with van der Waals surface area (Å²) in [6.45, 7) is 1.83. The smallest absolute Gasteiger partial charge is 0.279 e. The second-order valence-electron chi connectivity index (χ2n) is 3.55. The third-order valence-corrected chi connectivity index (χ3v) is 2.73. The number of aryl methyl sites for hydroxylation is 1. The number of anilines is 1. The maximum Gasteiger partial charge on any atom is 0.279 e. The van der Waals surface area contributed by atoms with Gasteiger partial charge < -0.3 is 10.1 Å². The van der Waals surface area contributed by atoms with E-state index >= 15 is 0 Å². The molecule has 0 bridgehead atoms. The molecule has 0 aliphatic rings. The van der Waals surface area contributed by atoms with E-state index in [0.717, 1.165) is 5.56 Å². The molecule has 0 saturated carbocycles. The van der Waals surface area contributed by atoms with Gasteiger partial charge in [-0.3, -0.25) is 4.79 Å². The molecule has 0 aliphatic heterocycles. The Labute approximate surface area is 108 Å². The number of carbonyl (C=O) groups is 1. The molecule has 18 heavy (non-hydrogen) atoms. The highest BCUT2D eigenvalue weighted by Crippen LogP contribution is 2.31. The van der Waals surface area contributed by atoms with E-state index in [4.69, 9.17) is 16.3 Å². The van der Waals surface area contributed by atoms with Crippen molar-refractivity contribution in [3.8, 4) is 5.75 Å². The zero-order valence-corrected chi connectivity index (χ0v) is 10.5. The van der Waals surface area contributed by atoms with Gasteiger partial charge in [-0.05, 0) is 23.7 Å². The number of ether oxygens (including phenoxy) is 1. The first kappa shape index (κ1) is 12.4. The molecule has 94 valence electrons. The van der Waals surface area contributed by atoms with Gasteiger partial charge in [0.25, 0.3) is 5.91 Å². The number of carbonyl (C=O) groups excluding carboxylic acids is 1. The summed E-state index contributed by atoms with van der Waals surface area (Å²) in [4.78, 5) is 11.8. The predicted molar refractivity (Wildman–Crippen MR) is 65.0 cm³/mol. The normalized spacial score (nSPS) is 10.2. The molecular formula is C11H10ClN3O3. The van der Waals surface area contributed by atoms with Crippen molar-refractivity contribution in [3.63, 3.8) is 0 Å². The van der Waals surface area contributed by atoms with Crippen molar-refractivity contribution in [2.24, 2.45) is 0 Å². The Morgan fingerprint density at radius 3 is 2.89 bits per heavy atom. The molecular weight excluding hydrogens is 258 g/mol. The van der Waals surface area contributed by atoms with Crippen LogP contribution in [0.2, 0.25) is 5.02 Å². The zero-order valence-electron chi connectivity index (χ0n) is 9.73. The van der Waals surface area contributed by atoms with Crippen LogP contribution in [0.3, 0.4) is 0 Å². The lowest BCUT2D eigenvalue weighted by Gasteiger charge is -2.11. The highest BCUT2D eigenvalue weighted by molar-refractivity contribution is 6.31. The van der Waals surface area contributed by atoms with E-state index in [1.807, 2.05) is 6.92 Å². The van der Waals surface area contributed by atoms with Crippen molar-refractivity contribution in [1.82, 2.24) is 10.3 Å². The Hall–Kier alpha value is -2.08. The predicted octanol–water partition coefficient (Wildman–Crippen LogP) is 2.29. The molecule has 0 radical (unpaired) electrons. The SMILES string of the molecule is COc1cc(Cl)c(C)cc1NC(=O)c1cnon1. The summed E-state index contributed by atoms with van der Waals surface area (Å²) >= 11 is 5.97. The van der Waals surface area contributed by atoms with Crippen LogP contribution in [0.1, 0.15) is 16.1 Å². The number of halogens is 1. The molecule has 1 aromatic carbocycles. The zero-order chi connectivity index (χ0) is 13.1. The van der Waals surface area contributed by atoms with Gasteiger partial charge in [0.2, 0.25) is 0 Å². The van der Waals surface area contributed by atoms with E-state index in [2.05, 4.69) is 20.3 Å². The van der Waals surface area contributed by atoms with Crippen molar-refractivity contribution in [3.05, 3.63) is 34.6 Å². The summed E-state index contributed by atoms with van der Waals surface area (Å²) in [5.74, 6) is 0.0340. The minimum absolute atomic E-state index is 0.0876. The first-order chi connectivity index (χ1) is 8.61. The van der Waals surface area contributed by atoms with Gasteiger partial charge in [-0.25, -0.2) is 4.63 Å². The Bertz CT molecular complexity index is 569. The lowest BCUT2D eigenvalue weighted by atomic mass is 10.2. The van der Waals surface area contributed by atoms with E-state index in [9.17, 15) is 4.79 Å². The summed E-state index contributed by atoms with van der Waals surface area (Å²) in [6.07, 6.45) is 1.23. The van der Waals surface area contributed by atoms with Gasteiger partial charge in [0.05, 0.1) is 12.8 Å². The van der Waals surface area contributed by atoms with Crippen LogP contribution in [-0.2, 0) is 0 Å². The number of amides is 1. The van der Waals surface area contributed by atoms with Crippen molar-refractivity contribution in [2.45, 2.75) is 6.92 Å². The standard InChI is InChI=1S/C11H10ClN3O3/c1-6-3-8(10(17-2)4-7(6)12)14-11(16)9-5-13-18-15-9/h3-5H,1-2H3,(H,14,16). The average molecular weight is 268 g/mol. The Morgan fingerprint density at radius 2 is 2.28 bits per heavy atom. The van der Waals surface area contributed by atoms with E-state index in [1.54, 1.807) is 12.1 Å². The Morgan fingerprint density at radius 1 is 1.50 bits per heavy atom. The van der Waals surface area contributed by atoms with Crippen molar-refractivity contribution in [2.75, 3.05) is 12.4 Å². The summed E-state index contributed by atoms with van der Waals surface area (Å²) < 4.78 is 9.50. The molecule has 1 amide bonds. The van der Waals surface area contributed by atoms with Crippen LogP contribution in [0.4, 0.5) is 5.69 Å². The van der Waals surface area contributed by atoms with Crippen molar-refractivity contribution >= 4 is 23.2 Å². The van der Waals surface area contributed by atoms with Crippen LogP contribution in [-0.4, -0.2) is 23.3 Å². The molecule has 0 saturated heterocycles. The monoisotopic (exact) mass is 267 g/mol. The van der Waals surface area contributed by atoms with Gasteiger partial charge in [0.15, 0.2) is 5.69 Å². The van der Waals surface area contributed by atoms with Crippen molar-refractivity contribution in [1.29, 1.82) is 0 Å². The Balaban J connectivity index is 2.28. The van der Waals surface area contributed by atoms with Gasteiger partial charge >= 0.3 is 0 Å². The second kappa shape index (κ2) is 5.05. The van der Waals surface area contributed by atoms with Crippen LogP contribution in [0.15, 0.2) is 23.0 Å². The summed E-state index contributed by atoms with van der Waals surface area (Å²) in [6, 6.07) is 3.35. The fourth-order valence-corrected chi connectivity index (χ4v) is 1.53. The summed E-state index contributed by atoms with van der Waals surface area (Å²) in [5, 5.41) is 10.0. The van der Waals surface area contributed by atoms with Gasteiger partial charge in [-0.15, -0.1) is 0 Å². The average Bonchev–Trinajstić information content (AvgIpc) is 2.87. The molecule has 2 aromatic rings. The van der Waals surface area contributed by atoms with Gasteiger partial charge in [0, 0.05) is 11.1 Å². The molecule has 6 nitrogen and oxygen atoms in total. The van der Waals surface area contributed by atoms with E-state index in [0.29, 0.717) is 16.5 Å². The Kier molecular flexibility index (Phi) is 3.47. The molecule has 0 spiro atoms. The van der Waals surface area contributed by atoms with Crippen LogP contribution in [0, 0.1) is 6.92 Å². The summed E-state index contributed by atoms with van der Waals surface area (Å²) in [7, 11) is 1.49. The van der Waals surface area contributed by atoms with Crippen molar-refractivity contribution < 1.29 is 14.2 Å². The van der Waals surface area contributed by atoms with Gasteiger partial charge in [-0.1, -0.05) is 16.8 Å². The third kappa shape index (κ3) is 2.43. The lowest BCUT2D eigenvalue weighted by Crippen LogP contribution is -2.13. The van der Waals surface area contributed by atoms with E-state index in [-0.39, 0.29) is 5.69 Å². The lowest BCUT2D eigenvalue weighted by molar-refractivity contribution is 0.101. The largest absolute Gasteiger partial charge is 0.495 e. The minimum atomic E-state index is -0.434. The molecule has 1 heterocycles. The minimum Gasteiger partial charge on any atom is -0.495 e. The van der Waals surface area contributed by atoms with Gasteiger partial charge in [-0.2, -0.15) is 0 Å². The topological polar surface area (TPSA) is 77.2 Å². The number of methoxy groups -OCH3 is 1. The van der Waals surface area contributed by atoms with Crippen LogP contribution < -0.4 is 10.1 Å². The quantitative estimate of drug-likeness (QED) is 0.923. The molecule has 7 heteroatoms. The highest BCUT2D eigenvalue weighted by atomic mass is 35.5. The fraction of sp³-hybridized carbons (Fsp3) is 0.182. The van der Waals surface area contributed by atoms with E-state index < -0.39 is 5.91 Å². The third-order valence-electron chi connectivity index (χ3n) is 2.32. The molecule has 0 fully saturated rings. The second-order valence-corrected chi connectivity index (χ2v) is 3.96. The molecule has 0 atom stereocenters. The molecule has 2 rings (SSSR count). The molecule has 0 aliphatic carbocycles. The maximum atomic E-state index is 11.8. The van der Waals surface area contributed by atoms with Gasteiger partial charge in [0.1, 0.15) is 11.9 Å². The number of aromatic nitrogens is 2. The number of rotatable bonds is 3. The van der Waals surface area contributed by atoms with Crippen LogP contribution in [0.25, 0.3) is 0 Å². The number of nitrogens with zero attached hydrogens (tertiary/aromatic N) is 2. The number of hydrogen-bond acceptors (Lipinski definition) is 5. The fourth-order valence-electron chi connectivity index (χ4n) is 1.38. The number of nitrogens with one attached hydrogen (secondary N) is 1. The first-order valence-corrected chi connectivity index (χ1v) is 5.42. The van der Waals surface area contributed by atoms with E-state index in [1.165, 1.54) is 13.3 Å². The molecule has 1 N–H and O–H groups in total. The number of benzene rings is 1. The highest BCUT2D eigenvalue weighted by Gasteiger charge is 2.14. The van der Waals surface area contributed by atoms with Crippen LogP contribution >= 0.6 is 11.6 Å². The maximum absolute atomic E-state index is 11.8.